The van der Waals surface area contributed by atoms with Gasteiger partial charge in [-0.15, -0.1) is 11.3 Å². The van der Waals surface area contributed by atoms with Crippen LogP contribution < -0.4 is 0 Å². The van der Waals surface area contributed by atoms with E-state index in [1.54, 1.807) is 17.5 Å². The minimum Gasteiger partial charge on any atom is -0.296 e. The number of aldehydes is 1. The van der Waals surface area contributed by atoms with Gasteiger partial charge >= 0.3 is 0 Å². The summed E-state index contributed by atoms with van der Waals surface area (Å²) in [6, 6.07) is 8.49. The molecule has 0 radical (unpaired) electrons. The van der Waals surface area contributed by atoms with Gasteiger partial charge in [-0.3, -0.25) is 9.20 Å². The summed E-state index contributed by atoms with van der Waals surface area (Å²) in [4.78, 5) is 15.8. The molecule has 2 aromatic heterocycles. The molecule has 0 N–H and O–H groups in total. The van der Waals surface area contributed by atoms with Crippen LogP contribution in [0.4, 0.5) is 0 Å². The highest BCUT2D eigenvalue weighted by molar-refractivity contribution is 7.15. The van der Waals surface area contributed by atoms with Gasteiger partial charge in [0, 0.05) is 11.6 Å². The van der Waals surface area contributed by atoms with Crippen LogP contribution in [0.15, 0.2) is 35.8 Å². The van der Waals surface area contributed by atoms with Gasteiger partial charge in [0.2, 0.25) is 0 Å². The number of carbonyl (C=O) groups excluding carboxylic acids is 1. The summed E-state index contributed by atoms with van der Waals surface area (Å²) in [7, 11) is 0. The average Bonchev–Trinajstić information content (AvgIpc) is 2.98. The Bertz CT molecular complexity index is 694. The van der Waals surface area contributed by atoms with Gasteiger partial charge < -0.3 is 0 Å². The van der Waals surface area contributed by atoms with Crippen LogP contribution in [-0.2, 0) is 6.42 Å². The zero-order chi connectivity index (χ0) is 12.5. The largest absolute Gasteiger partial charge is 0.296 e. The van der Waals surface area contributed by atoms with Crippen LogP contribution in [0.1, 0.15) is 23.0 Å². The molecule has 3 nitrogen and oxygen atoms in total. The number of nitrogens with zero attached hydrogens (tertiary/aromatic N) is 2. The molecule has 2 heterocycles. The molecule has 1 aromatic carbocycles. The fourth-order valence-electron chi connectivity index (χ4n) is 1.98. The Morgan fingerprint density at radius 1 is 1.33 bits per heavy atom. The van der Waals surface area contributed by atoms with E-state index >= 15 is 0 Å². The number of carbonyl (C=O) groups is 1. The topological polar surface area (TPSA) is 34.4 Å². The molecule has 0 spiro atoms. The first-order valence-electron chi connectivity index (χ1n) is 5.83. The first-order chi connectivity index (χ1) is 8.81. The Hall–Kier alpha value is -1.94. The second-order valence-electron chi connectivity index (χ2n) is 4.11. The molecule has 0 atom stereocenters. The molecule has 0 amide bonds. The lowest BCUT2D eigenvalue weighted by molar-refractivity contribution is 0.111. The molecule has 0 aliphatic carbocycles. The monoisotopic (exact) mass is 256 g/mol. The number of hydrogen-bond donors (Lipinski definition) is 0. The standard InChI is InChI=1S/C14H12N2OS/c1-2-10-3-5-11(6-4-10)13-9-18-14-15-12(8-17)7-16(13)14/h3-9H,2H2,1H3. The highest BCUT2D eigenvalue weighted by Crippen LogP contribution is 2.26. The van der Waals surface area contributed by atoms with Gasteiger partial charge in [-0.05, 0) is 17.5 Å². The van der Waals surface area contributed by atoms with E-state index < -0.39 is 0 Å². The van der Waals surface area contributed by atoms with Crippen LogP contribution in [0.2, 0.25) is 0 Å². The van der Waals surface area contributed by atoms with Crippen LogP contribution in [0.25, 0.3) is 16.2 Å². The van der Waals surface area contributed by atoms with Gasteiger partial charge in [-0.2, -0.15) is 0 Å². The van der Waals surface area contributed by atoms with Crippen LogP contribution in [0, 0.1) is 0 Å². The summed E-state index contributed by atoms with van der Waals surface area (Å²) >= 11 is 1.55. The van der Waals surface area contributed by atoms with Crippen molar-refractivity contribution in [1.82, 2.24) is 9.38 Å². The highest BCUT2D eigenvalue weighted by Gasteiger charge is 2.09. The lowest BCUT2D eigenvalue weighted by atomic mass is 10.1. The fraction of sp³-hybridized carbons (Fsp3) is 0.143. The Labute approximate surface area is 109 Å². The second-order valence-corrected chi connectivity index (χ2v) is 4.94. The number of thiazole rings is 1. The highest BCUT2D eigenvalue weighted by atomic mass is 32.1. The van der Waals surface area contributed by atoms with Crippen molar-refractivity contribution in [3.05, 3.63) is 47.1 Å². The van der Waals surface area contributed by atoms with E-state index in [1.165, 1.54) is 5.56 Å². The molecule has 4 heteroatoms. The van der Waals surface area contributed by atoms with Gasteiger partial charge in [0.25, 0.3) is 0 Å². The van der Waals surface area contributed by atoms with E-state index in [2.05, 4.69) is 41.6 Å². The normalized spacial score (nSPS) is 10.9. The van der Waals surface area contributed by atoms with Crippen molar-refractivity contribution < 1.29 is 4.79 Å². The van der Waals surface area contributed by atoms with Gasteiger partial charge in [-0.25, -0.2) is 4.98 Å². The van der Waals surface area contributed by atoms with E-state index in [9.17, 15) is 4.79 Å². The van der Waals surface area contributed by atoms with Crippen LogP contribution in [0.3, 0.4) is 0 Å². The van der Waals surface area contributed by atoms with E-state index in [4.69, 9.17) is 0 Å². The predicted molar refractivity (Wildman–Crippen MR) is 73.3 cm³/mol. The van der Waals surface area contributed by atoms with Crippen molar-refractivity contribution in [2.24, 2.45) is 0 Å². The smallest absolute Gasteiger partial charge is 0.194 e. The first kappa shape index (κ1) is 11.2. The van der Waals surface area contributed by atoms with Crippen molar-refractivity contribution in [3.63, 3.8) is 0 Å². The fourth-order valence-corrected chi connectivity index (χ4v) is 2.87. The molecule has 18 heavy (non-hydrogen) atoms. The number of rotatable bonds is 3. The predicted octanol–water partition coefficient (Wildman–Crippen LogP) is 3.44. The summed E-state index contributed by atoms with van der Waals surface area (Å²) < 4.78 is 1.97. The molecule has 0 aliphatic rings. The molecule has 0 saturated carbocycles. The molecule has 3 aromatic rings. The molecule has 90 valence electrons. The molecular weight excluding hydrogens is 244 g/mol. The van der Waals surface area contributed by atoms with E-state index in [1.807, 2.05) is 4.40 Å². The van der Waals surface area contributed by atoms with Gasteiger partial charge in [0.1, 0.15) is 5.69 Å². The molecule has 0 aliphatic heterocycles. The minimum atomic E-state index is 0.480. The third-order valence-electron chi connectivity index (χ3n) is 3.01. The zero-order valence-electron chi connectivity index (χ0n) is 9.96. The van der Waals surface area contributed by atoms with Gasteiger partial charge in [0.15, 0.2) is 11.2 Å². The SMILES string of the molecule is CCc1ccc(-c2csc3nc(C=O)cn23)cc1. The number of hydrogen-bond acceptors (Lipinski definition) is 3. The average molecular weight is 256 g/mol. The molecule has 0 bridgehead atoms. The lowest BCUT2D eigenvalue weighted by Crippen LogP contribution is -1.85. The summed E-state index contributed by atoms with van der Waals surface area (Å²) in [6.45, 7) is 2.14. The second kappa shape index (κ2) is 4.38. The molecule has 0 fully saturated rings. The van der Waals surface area contributed by atoms with E-state index in [0.29, 0.717) is 5.69 Å². The van der Waals surface area contributed by atoms with Crippen molar-refractivity contribution in [3.8, 4) is 11.3 Å². The third kappa shape index (κ3) is 1.75. The van der Waals surface area contributed by atoms with Gasteiger partial charge in [0.05, 0.1) is 5.69 Å². The molecule has 0 saturated heterocycles. The third-order valence-corrected chi connectivity index (χ3v) is 3.85. The van der Waals surface area contributed by atoms with Crippen molar-refractivity contribution in [1.29, 1.82) is 0 Å². The quantitative estimate of drug-likeness (QED) is 0.673. The number of aryl methyl sites for hydroxylation is 1. The maximum absolute atomic E-state index is 10.7. The van der Waals surface area contributed by atoms with Crippen LogP contribution >= 0.6 is 11.3 Å². The number of imidazole rings is 1. The Morgan fingerprint density at radius 2 is 2.11 bits per heavy atom. The summed E-state index contributed by atoms with van der Waals surface area (Å²) in [5, 5.41) is 2.07. The Kier molecular flexibility index (Phi) is 2.72. The number of fused-ring (bicyclic) bond motifs is 1. The van der Waals surface area contributed by atoms with E-state index in [0.717, 1.165) is 28.9 Å². The maximum Gasteiger partial charge on any atom is 0.194 e. The van der Waals surface area contributed by atoms with Crippen LogP contribution in [-0.4, -0.2) is 15.7 Å². The summed E-state index contributed by atoms with van der Waals surface area (Å²) in [5.41, 5.74) is 4.03. The van der Waals surface area contributed by atoms with E-state index in [-0.39, 0.29) is 0 Å². The molecular formula is C14H12N2OS. The minimum absolute atomic E-state index is 0.480. The van der Waals surface area contributed by atoms with Crippen molar-refractivity contribution in [2.75, 3.05) is 0 Å². The summed E-state index contributed by atoms with van der Waals surface area (Å²) in [6.07, 6.45) is 3.60. The lowest BCUT2D eigenvalue weighted by Gasteiger charge is -2.01. The zero-order valence-corrected chi connectivity index (χ0v) is 10.8. The van der Waals surface area contributed by atoms with Crippen molar-refractivity contribution in [2.45, 2.75) is 13.3 Å². The molecule has 3 rings (SSSR count). The number of aromatic nitrogens is 2. The Balaban J connectivity index is 2.11. The summed E-state index contributed by atoms with van der Waals surface area (Å²) in [5.74, 6) is 0. The Morgan fingerprint density at radius 3 is 2.78 bits per heavy atom. The number of benzene rings is 1. The maximum atomic E-state index is 10.7. The first-order valence-corrected chi connectivity index (χ1v) is 6.71. The van der Waals surface area contributed by atoms with Crippen molar-refractivity contribution >= 4 is 22.6 Å². The van der Waals surface area contributed by atoms with Crippen LogP contribution in [0.5, 0.6) is 0 Å². The molecule has 0 unspecified atom stereocenters. The van der Waals surface area contributed by atoms with Gasteiger partial charge in [-0.1, -0.05) is 31.2 Å².